The maximum absolute atomic E-state index is 14.0. The molecule has 2 aromatic carbocycles. The van der Waals surface area contributed by atoms with Crippen LogP contribution < -0.4 is 0 Å². The summed E-state index contributed by atoms with van der Waals surface area (Å²) in [6.07, 6.45) is 0.536. The van der Waals surface area contributed by atoms with Gasteiger partial charge < -0.3 is 14.5 Å². The van der Waals surface area contributed by atoms with Crippen LogP contribution in [-0.2, 0) is 4.74 Å². The topological polar surface area (TPSA) is 53.1 Å². The summed E-state index contributed by atoms with van der Waals surface area (Å²) in [5.74, 6) is -2.58. The number of nitrogens with zero attached hydrogens (tertiary/aromatic N) is 3. The van der Waals surface area contributed by atoms with E-state index >= 15 is 0 Å². The normalized spacial score (nSPS) is 19.9. The molecule has 0 aliphatic carbocycles. The van der Waals surface area contributed by atoms with Crippen LogP contribution in [0.1, 0.15) is 27.1 Å². The van der Waals surface area contributed by atoms with Gasteiger partial charge in [0.1, 0.15) is 17.5 Å². The van der Waals surface area contributed by atoms with E-state index in [-0.39, 0.29) is 23.4 Å². The number of benzene rings is 2. The first kappa shape index (κ1) is 23.3. The average Bonchev–Trinajstić information content (AvgIpc) is 3.04. The van der Waals surface area contributed by atoms with Crippen molar-refractivity contribution in [3.05, 3.63) is 71.0 Å². The lowest BCUT2D eigenvalue weighted by molar-refractivity contribution is -0.0354. The fraction of sp³-hybridized carbons (Fsp3) is 0.417. The maximum Gasteiger partial charge on any atom is 0.257 e. The molecule has 2 aliphatic heterocycles. The third kappa shape index (κ3) is 5.72. The van der Waals surface area contributed by atoms with Crippen LogP contribution in [0, 0.1) is 17.5 Å². The van der Waals surface area contributed by atoms with E-state index in [1.165, 1.54) is 35.2 Å². The third-order valence-corrected chi connectivity index (χ3v) is 6.02. The molecule has 1 atom stereocenters. The second kappa shape index (κ2) is 10.4. The quantitative estimate of drug-likeness (QED) is 0.703. The van der Waals surface area contributed by atoms with Crippen molar-refractivity contribution in [3.8, 4) is 0 Å². The molecule has 1 unspecified atom stereocenters. The Bertz CT molecular complexity index is 1000. The number of amides is 2. The highest BCUT2D eigenvalue weighted by molar-refractivity contribution is 5.95. The van der Waals surface area contributed by atoms with Crippen molar-refractivity contribution in [1.82, 2.24) is 14.7 Å². The molecule has 0 aromatic heterocycles. The Hall–Kier alpha value is -2.91. The van der Waals surface area contributed by atoms with Gasteiger partial charge in [-0.2, -0.15) is 0 Å². The van der Waals surface area contributed by atoms with Gasteiger partial charge in [-0.25, -0.2) is 13.2 Å². The third-order valence-electron chi connectivity index (χ3n) is 6.02. The lowest BCUT2D eigenvalue weighted by Gasteiger charge is -2.35. The van der Waals surface area contributed by atoms with Gasteiger partial charge in [0.25, 0.3) is 11.8 Å². The molecule has 9 heteroatoms. The summed E-state index contributed by atoms with van der Waals surface area (Å²) in [5, 5.41) is 0. The number of hydrogen-bond donors (Lipinski definition) is 0. The summed E-state index contributed by atoms with van der Waals surface area (Å²) in [5.41, 5.74) is 0.310. The van der Waals surface area contributed by atoms with Gasteiger partial charge in [-0.15, -0.1) is 0 Å². The molecule has 0 spiro atoms. The van der Waals surface area contributed by atoms with Gasteiger partial charge in [0, 0.05) is 50.9 Å². The minimum atomic E-state index is -0.874. The maximum atomic E-state index is 14.0. The Labute approximate surface area is 190 Å². The van der Waals surface area contributed by atoms with Crippen molar-refractivity contribution < 1.29 is 27.5 Å². The first-order chi connectivity index (χ1) is 15.9. The lowest BCUT2D eigenvalue weighted by atomic mass is 10.1. The molecule has 2 saturated heterocycles. The Morgan fingerprint density at radius 3 is 2.36 bits per heavy atom. The standard InChI is InChI=1S/C24H26F3N3O3/c25-18-4-2-17(3-5-18)23(31)29-9-1-8-28(10-11-29)15-20-16-30(12-13-33-20)24(32)21-7-6-19(26)14-22(21)27/h2-7,14,20H,1,8-13,15-16H2. The monoisotopic (exact) mass is 461 g/mol. The zero-order valence-corrected chi connectivity index (χ0v) is 18.2. The molecular weight excluding hydrogens is 435 g/mol. The molecule has 176 valence electrons. The van der Waals surface area contributed by atoms with Crippen LogP contribution in [0.4, 0.5) is 13.2 Å². The van der Waals surface area contributed by atoms with E-state index in [4.69, 9.17) is 4.74 Å². The van der Waals surface area contributed by atoms with Crippen LogP contribution >= 0.6 is 0 Å². The largest absolute Gasteiger partial charge is 0.373 e. The van der Waals surface area contributed by atoms with E-state index in [0.29, 0.717) is 57.5 Å². The molecule has 2 heterocycles. The van der Waals surface area contributed by atoms with E-state index in [1.54, 1.807) is 4.90 Å². The van der Waals surface area contributed by atoms with Crippen molar-refractivity contribution in [2.75, 3.05) is 52.4 Å². The summed E-state index contributed by atoms with van der Waals surface area (Å²) < 4.78 is 46.2. The van der Waals surface area contributed by atoms with Crippen LogP contribution in [0.5, 0.6) is 0 Å². The molecule has 0 bridgehead atoms. The van der Waals surface area contributed by atoms with Gasteiger partial charge in [0.2, 0.25) is 0 Å². The minimum absolute atomic E-state index is 0.121. The van der Waals surface area contributed by atoms with Crippen LogP contribution in [0.25, 0.3) is 0 Å². The van der Waals surface area contributed by atoms with Gasteiger partial charge >= 0.3 is 0 Å². The molecule has 0 radical (unpaired) electrons. The summed E-state index contributed by atoms with van der Waals surface area (Å²) in [6.45, 7) is 4.12. The van der Waals surface area contributed by atoms with Gasteiger partial charge in [-0.1, -0.05) is 0 Å². The Balaban J connectivity index is 1.32. The summed E-state index contributed by atoms with van der Waals surface area (Å²) in [6, 6.07) is 8.49. The molecule has 2 amide bonds. The van der Waals surface area contributed by atoms with E-state index in [2.05, 4.69) is 4.90 Å². The predicted octanol–water partition coefficient (Wildman–Crippen LogP) is 2.79. The molecule has 2 aliphatic rings. The number of halogens is 3. The number of morpholine rings is 1. The number of hydrogen-bond acceptors (Lipinski definition) is 4. The molecule has 6 nitrogen and oxygen atoms in total. The Kier molecular flexibility index (Phi) is 7.29. The zero-order chi connectivity index (χ0) is 23.4. The van der Waals surface area contributed by atoms with Crippen molar-refractivity contribution in [1.29, 1.82) is 0 Å². The highest BCUT2D eigenvalue weighted by atomic mass is 19.1. The Morgan fingerprint density at radius 1 is 0.848 bits per heavy atom. The van der Waals surface area contributed by atoms with Gasteiger partial charge in [-0.05, 0) is 49.4 Å². The molecule has 33 heavy (non-hydrogen) atoms. The molecule has 2 aromatic rings. The lowest BCUT2D eigenvalue weighted by Crippen LogP contribution is -2.50. The summed E-state index contributed by atoms with van der Waals surface area (Å²) >= 11 is 0. The Morgan fingerprint density at radius 2 is 1.61 bits per heavy atom. The number of rotatable bonds is 4. The number of carbonyl (C=O) groups is 2. The highest BCUT2D eigenvalue weighted by Gasteiger charge is 2.29. The molecule has 0 saturated carbocycles. The molecule has 4 rings (SSSR count). The van der Waals surface area contributed by atoms with Crippen LogP contribution in [0.2, 0.25) is 0 Å². The second-order valence-corrected chi connectivity index (χ2v) is 8.32. The van der Waals surface area contributed by atoms with Crippen LogP contribution in [-0.4, -0.2) is 85.0 Å². The highest BCUT2D eigenvalue weighted by Crippen LogP contribution is 2.17. The average molecular weight is 461 g/mol. The van der Waals surface area contributed by atoms with Gasteiger partial charge in [0.15, 0.2) is 0 Å². The van der Waals surface area contributed by atoms with E-state index < -0.39 is 17.5 Å². The van der Waals surface area contributed by atoms with Crippen molar-refractivity contribution >= 4 is 11.8 Å². The van der Waals surface area contributed by atoms with Crippen molar-refractivity contribution in [2.24, 2.45) is 0 Å². The fourth-order valence-electron chi connectivity index (χ4n) is 4.27. The van der Waals surface area contributed by atoms with Crippen LogP contribution in [0.3, 0.4) is 0 Å². The minimum Gasteiger partial charge on any atom is -0.373 e. The van der Waals surface area contributed by atoms with Crippen LogP contribution in [0.15, 0.2) is 42.5 Å². The number of ether oxygens (including phenoxy) is 1. The first-order valence-corrected chi connectivity index (χ1v) is 11.0. The smallest absolute Gasteiger partial charge is 0.257 e. The fourth-order valence-corrected chi connectivity index (χ4v) is 4.27. The summed E-state index contributed by atoms with van der Waals surface area (Å²) in [7, 11) is 0. The molecular formula is C24H26F3N3O3. The van der Waals surface area contributed by atoms with Gasteiger partial charge in [0.05, 0.1) is 18.3 Å². The van der Waals surface area contributed by atoms with Crippen molar-refractivity contribution in [3.63, 3.8) is 0 Å². The van der Waals surface area contributed by atoms with E-state index in [9.17, 15) is 22.8 Å². The second-order valence-electron chi connectivity index (χ2n) is 8.32. The molecule has 0 N–H and O–H groups in total. The SMILES string of the molecule is O=C(c1ccc(F)cc1)N1CCCN(CC2CN(C(=O)c3ccc(F)cc3F)CCO2)CC1. The summed E-state index contributed by atoms with van der Waals surface area (Å²) in [4.78, 5) is 30.9. The van der Waals surface area contributed by atoms with Crippen molar-refractivity contribution in [2.45, 2.75) is 12.5 Å². The van der Waals surface area contributed by atoms with Gasteiger partial charge in [-0.3, -0.25) is 14.5 Å². The zero-order valence-electron chi connectivity index (χ0n) is 18.2. The van der Waals surface area contributed by atoms with E-state index in [1.807, 2.05) is 0 Å². The first-order valence-electron chi connectivity index (χ1n) is 11.0. The predicted molar refractivity (Wildman–Crippen MR) is 115 cm³/mol. The van der Waals surface area contributed by atoms with E-state index in [0.717, 1.165) is 19.0 Å². The molecule has 2 fully saturated rings. The number of carbonyl (C=O) groups excluding carboxylic acids is 2.